The normalized spacial score (nSPS) is 10.0. The Labute approximate surface area is 107 Å². The van der Waals surface area contributed by atoms with Gasteiger partial charge in [0.05, 0.1) is 12.0 Å². The first kappa shape index (κ1) is 11.8. The summed E-state index contributed by atoms with van der Waals surface area (Å²) in [6.45, 7) is 2.02. The van der Waals surface area contributed by atoms with Crippen molar-refractivity contribution in [2.75, 3.05) is 7.11 Å². The molecule has 2 aromatic rings. The minimum absolute atomic E-state index is 0.851. The molecule has 86 valence electrons. The molecule has 0 atom stereocenters. The molecule has 0 radical (unpaired) electrons. The molecule has 2 aromatic carbocycles. The van der Waals surface area contributed by atoms with Gasteiger partial charge < -0.3 is 4.74 Å². The first-order valence-electron chi connectivity index (χ1n) is 5.47. The summed E-state index contributed by atoms with van der Waals surface area (Å²) in [6, 6.07) is 16.1. The highest BCUT2D eigenvalue weighted by Gasteiger charge is 2.06. The summed E-state index contributed by atoms with van der Waals surface area (Å²) in [6.07, 6.45) is 0. The Morgan fingerprint density at radius 1 is 1.00 bits per heavy atom. The van der Waals surface area contributed by atoms with Crippen molar-refractivity contribution in [1.29, 1.82) is 0 Å². The molecule has 0 aliphatic rings. The molecule has 2 rings (SSSR count). The summed E-state index contributed by atoms with van der Waals surface area (Å²) >= 11 is 5.48. The predicted molar refractivity (Wildman–Crippen MR) is 75.0 cm³/mol. The SMILES string of the molecule is COc1cc(C(=S)c2ccccc2)ccc1C. The van der Waals surface area contributed by atoms with Gasteiger partial charge in [0.15, 0.2) is 0 Å². The maximum atomic E-state index is 5.48. The van der Waals surface area contributed by atoms with Crippen LogP contribution in [-0.4, -0.2) is 12.0 Å². The van der Waals surface area contributed by atoms with Crippen molar-refractivity contribution in [2.24, 2.45) is 0 Å². The van der Waals surface area contributed by atoms with Gasteiger partial charge in [-0.15, -0.1) is 0 Å². The third-order valence-electron chi connectivity index (χ3n) is 2.71. The monoisotopic (exact) mass is 242 g/mol. The molecule has 1 nitrogen and oxygen atoms in total. The molecule has 2 heteroatoms. The van der Waals surface area contributed by atoms with Gasteiger partial charge in [-0.1, -0.05) is 54.7 Å². The fraction of sp³-hybridized carbons (Fsp3) is 0.133. The van der Waals surface area contributed by atoms with Crippen molar-refractivity contribution in [1.82, 2.24) is 0 Å². The summed E-state index contributed by atoms with van der Waals surface area (Å²) in [4.78, 5) is 0.851. The third-order valence-corrected chi connectivity index (χ3v) is 3.18. The molecule has 0 heterocycles. The zero-order valence-electron chi connectivity index (χ0n) is 9.94. The van der Waals surface area contributed by atoms with Gasteiger partial charge in [0, 0.05) is 0 Å². The van der Waals surface area contributed by atoms with E-state index in [1.165, 1.54) is 0 Å². The predicted octanol–water partition coefficient (Wildman–Crippen LogP) is 3.77. The molecule has 0 aromatic heterocycles. The molecular formula is C15H14OS. The first-order valence-corrected chi connectivity index (χ1v) is 5.87. The van der Waals surface area contributed by atoms with Crippen LogP contribution in [0.2, 0.25) is 0 Å². The van der Waals surface area contributed by atoms with Gasteiger partial charge in [-0.2, -0.15) is 0 Å². The number of hydrogen-bond acceptors (Lipinski definition) is 2. The van der Waals surface area contributed by atoms with Crippen molar-refractivity contribution >= 4 is 17.1 Å². The van der Waals surface area contributed by atoms with Crippen molar-refractivity contribution in [2.45, 2.75) is 6.92 Å². The highest BCUT2D eigenvalue weighted by molar-refractivity contribution is 7.81. The Morgan fingerprint density at radius 3 is 2.35 bits per heavy atom. The Kier molecular flexibility index (Phi) is 3.55. The number of methoxy groups -OCH3 is 1. The van der Waals surface area contributed by atoms with Crippen LogP contribution in [0, 0.1) is 6.92 Å². The number of thiocarbonyl (C=S) groups is 1. The minimum Gasteiger partial charge on any atom is -0.496 e. The van der Waals surface area contributed by atoms with Crippen LogP contribution in [0.25, 0.3) is 0 Å². The fourth-order valence-corrected chi connectivity index (χ4v) is 1.98. The summed E-state index contributed by atoms with van der Waals surface area (Å²) in [5.74, 6) is 0.876. The molecule has 0 saturated heterocycles. The maximum absolute atomic E-state index is 5.48. The van der Waals surface area contributed by atoms with E-state index in [1.54, 1.807) is 7.11 Å². The van der Waals surface area contributed by atoms with Gasteiger partial charge in [-0.05, 0) is 29.7 Å². The van der Waals surface area contributed by atoms with Crippen LogP contribution in [0.15, 0.2) is 48.5 Å². The average Bonchev–Trinajstić information content (AvgIpc) is 2.39. The summed E-state index contributed by atoms with van der Waals surface area (Å²) in [7, 11) is 1.68. The van der Waals surface area contributed by atoms with Crippen LogP contribution in [0.5, 0.6) is 5.75 Å². The van der Waals surface area contributed by atoms with Gasteiger partial charge in [-0.3, -0.25) is 0 Å². The average molecular weight is 242 g/mol. The van der Waals surface area contributed by atoms with Gasteiger partial charge >= 0.3 is 0 Å². The van der Waals surface area contributed by atoms with Crippen LogP contribution in [0.4, 0.5) is 0 Å². The van der Waals surface area contributed by atoms with E-state index in [-0.39, 0.29) is 0 Å². The molecule has 0 bridgehead atoms. The van der Waals surface area contributed by atoms with Crippen molar-refractivity contribution in [3.63, 3.8) is 0 Å². The van der Waals surface area contributed by atoms with E-state index in [1.807, 2.05) is 55.5 Å². The fourth-order valence-electron chi connectivity index (χ4n) is 1.72. The highest BCUT2D eigenvalue weighted by atomic mass is 32.1. The molecule has 0 aliphatic carbocycles. The zero-order chi connectivity index (χ0) is 12.3. The Bertz CT molecular complexity index is 532. The van der Waals surface area contributed by atoms with Crippen LogP contribution in [-0.2, 0) is 0 Å². The largest absolute Gasteiger partial charge is 0.496 e. The molecule has 0 unspecified atom stereocenters. The van der Waals surface area contributed by atoms with Gasteiger partial charge in [0.2, 0.25) is 0 Å². The van der Waals surface area contributed by atoms with Gasteiger partial charge in [-0.25, -0.2) is 0 Å². The first-order chi connectivity index (χ1) is 8.22. The van der Waals surface area contributed by atoms with E-state index in [2.05, 4.69) is 0 Å². The van der Waals surface area contributed by atoms with Gasteiger partial charge in [0.1, 0.15) is 5.75 Å². The quantitative estimate of drug-likeness (QED) is 0.598. The standard InChI is InChI=1S/C15H14OS/c1-11-8-9-13(10-14(11)16-2)15(17)12-6-4-3-5-7-12/h3-10H,1-2H3. The molecule has 0 saturated carbocycles. The summed E-state index contributed by atoms with van der Waals surface area (Å²) in [5, 5.41) is 0. The molecule has 0 N–H and O–H groups in total. The smallest absolute Gasteiger partial charge is 0.122 e. The van der Waals surface area contributed by atoms with Crippen LogP contribution >= 0.6 is 12.2 Å². The lowest BCUT2D eigenvalue weighted by molar-refractivity contribution is 0.411. The van der Waals surface area contributed by atoms with E-state index >= 15 is 0 Å². The van der Waals surface area contributed by atoms with E-state index in [0.29, 0.717) is 0 Å². The van der Waals surface area contributed by atoms with Crippen molar-refractivity contribution in [3.8, 4) is 5.75 Å². The van der Waals surface area contributed by atoms with E-state index < -0.39 is 0 Å². The number of benzene rings is 2. The van der Waals surface area contributed by atoms with Crippen molar-refractivity contribution < 1.29 is 4.74 Å². The molecular weight excluding hydrogens is 228 g/mol. The number of ether oxygens (including phenoxy) is 1. The molecule has 0 spiro atoms. The zero-order valence-corrected chi connectivity index (χ0v) is 10.8. The molecule has 17 heavy (non-hydrogen) atoms. The van der Waals surface area contributed by atoms with E-state index in [4.69, 9.17) is 17.0 Å². The second-order valence-corrected chi connectivity index (χ2v) is 4.29. The molecule has 0 aliphatic heterocycles. The molecule has 0 fully saturated rings. The van der Waals surface area contributed by atoms with E-state index in [0.717, 1.165) is 27.3 Å². The summed E-state index contributed by atoms with van der Waals surface area (Å²) in [5.41, 5.74) is 3.20. The van der Waals surface area contributed by atoms with Crippen molar-refractivity contribution in [3.05, 3.63) is 65.2 Å². The lowest BCUT2D eigenvalue weighted by Gasteiger charge is -2.08. The lowest BCUT2D eigenvalue weighted by atomic mass is 10.0. The Hall–Kier alpha value is -1.67. The van der Waals surface area contributed by atoms with E-state index in [9.17, 15) is 0 Å². The van der Waals surface area contributed by atoms with Crippen LogP contribution in [0.1, 0.15) is 16.7 Å². The topological polar surface area (TPSA) is 9.23 Å². The number of hydrogen-bond donors (Lipinski definition) is 0. The highest BCUT2D eigenvalue weighted by Crippen LogP contribution is 2.21. The van der Waals surface area contributed by atoms with Crippen LogP contribution < -0.4 is 4.74 Å². The third kappa shape index (κ3) is 2.53. The number of rotatable bonds is 3. The molecule has 0 amide bonds. The minimum atomic E-state index is 0.851. The second-order valence-electron chi connectivity index (χ2n) is 3.88. The van der Waals surface area contributed by atoms with Crippen LogP contribution in [0.3, 0.4) is 0 Å². The lowest BCUT2D eigenvalue weighted by Crippen LogP contribution is -2.00. The Balaban J connectivity index is 2.38. The second kappa shape index (κ2) is 5.11. The summed E-state index contributed by atoms with van der Waals surface area (Å²) < 4.78 is 5.31. The number of aryl methyl sites for hydroxylation is 1. The van der Waals surface area contributed by atoms with Gasteiger partial charge in [0.25, 0.3) is 0 Å². The maximum Gasteiger partial charge on any atom is 0.122 e. The Morgan fingerprint density at radius 2 is 1.71 bits per heavy atom.